The molecule has 0 unspecified atom stereocenters. The van der Waals surface area contributed by atoms with Crippen molar-refractivity contribution in [1.82, 2.24) is 9.88 Å². The average Bonchev–Trinajstić information content (AvgIpc) is 2.80. The number of hydrogen-bond donors (Lipinski definition) is 0. The smallest absolute Gasteiger partial charge is 0.258 e. The van der Waals surface area contributed by atoms with Crippen LogP contribution in [0.2, 0.25) is 5.02 Å². The Bertz CT molecular complexity index is 729. The Hall–Kier alpha value is -1.46. The Labute approximate surface area is 138 Å². The first-order valence-corrected chi connectivity index (χ1v) is 8.09. The molecule has 0 bridgehead atoms. The number of halogens is 2. The third-order valence-corrected chi connectivity index (χ3v) is 5.12. The lowest BCUT2D eigenvalue weighted by Gasteiger charge is -2.25. The molecule has 0 saturated carbocycles. The SMILES string of the molecule is Cc1nc([C@H](C)N(C)C(=O)c2c(F)ccc(C)c2Cl)c(C)s1. The zero-order chi connectivity index (χ0) is 16.6. The average molecular weight is 341 g/mol. The molecule has 0 aliphatic rings. The van der Waals surface area contributed by atoms with Gasteiger partial charge in [-0.1, -0.05) is 17.7 Å². The number of carbonyl (C=O) groups is 1. The third kappa shape index (κ3) is 3.01. The molecular weight excluding hydrogens is 323 g/mol. The molecule has 0 aliphatic heterocycles. The third-order valence-electron chi connectivity index (χ3n) is 3.73. The van der Waals surface area contributed by atoms with E-state index in [0.717, 1.165) is 15.6 Å². The first kappa shape index (κ1) is 16.9. The number of nitrogens with zero attached hydrogens (tertiary/aromatic N) is 2. The lowest BCUT2D eigenvalue weighted by Crippen LogP contribution is -2.31. The molecule has 6 heteroatoms. The molecule has 0 fully saturated rings. The van der Waals surface area contributed by atoms with E-state index in [0.29, 0.717) is 5.56 Å². The maximum atomic E-state index is 14.0. The molecule has 1 aromatic heterocycles. The second-order valence-corrected chi connectivity index (χ2v) is 7.10. The summed E-state index contributed by atoms with van der Waals surface area (Å²) in [6.07, 6.45) is 0. The number of hydrogen-bond acceptors (Lipinski definition) is 3. The highest BCUT2D eigenvalue weighted by molar-refractivity contribution is 7.11. The van der Waals surface area contributed by atoms with E-state index in [2.05, 4.69) is 4.98 Å². The summed E-state index contributed by atoms with van der Waals surface area (Å²) in [5, 5.41) is 1.11. The van der Waals surface area contributed by atoms with Crippen LogP contribution in [0.15, 0.2) is 12.1 Å². The minimum atomic E-state index is -0.606. The number of amides is 1. The number of aromatic nitrogens is 1. The summed E-state index contributed by atoms with van der Waals surface area (Å²) < 4.78 is 14.0. The molecule has 22 heavy (non-hydrogen) atoms. The van der Waals surface area contributed by atoms with Gasteiger partial charge in [0.1, 0.15) is 5.82 Å². The van der Waals surface area contributed by atoms with Gasteiger partial charge in [0.2, 0.25) is 0 Å². The van der Waals surface area contributed by atoms with Crippen molar-refractivity contribution in [1.29, 1.82) is 0 Å². The molecular formula is C16H18ClFN2OS. The van der Waals surface area contributed by atoms with Crippen LogP contribution in [0.1, 0.15) is 44.5 Å². The standard InChI is InChI=1S/C16H18ClFN2OS/c1-8-6-7-12(18)13(14(8)17)16(21)20(5)9(2)15-10(3)22-11(4)19-15/h6-7,9H,1-5H3/t9-/m0/s1. The van der Waals surface area contributed by atoms with Gasteiger partial charge >= 0.3 is 0 Å². The van der Waals surface area contributed by atoms with Gasteiger partial charge in [-0.05, 0) is 39.3 Å². The summed E-state index contributed by atoms with van der Waals surface area (Å²) in [6, 6.07) is 2.57. The van der Waals surface area contributed by atoms with Crippen molar-refractivity contribution in [2.45, 2.75) is 33.7 Å². The summed E-state index contributed by atoms with van der Waals surface area (Å²) in [7, 11) is 1.64. The molecule has 0 aliphatic carbocycles. The molecule has 1 amide bonds. The highest BCUT2D eigenvalue weighted by atomic mass is 35.5. The van der Waals surface area contributed by atoms with Crippen LogP contribution in [0.3, 0.4) is 0 Å². The number of rotatable bonds is 3. The minimum Gasteiger partial charge on any atom is -0.333 e. The van der Waals surface area contributed by atoms with Crippen LogP contribution < -0.4 is 0 Å². The summed E-state index contributed by atoms with van der Waals surface area (Å²) in [5.41, 5.74) is 1.43. The molecule has 0 radical (unpaired) electrons. The van der Waals surface area contributed by atoms with Crippen molar-refractivity contribution in [3.05, 3.63) is 49.7 Å². The molecule has 0 N–H and O–H groups in total. The molecule has 0 spiro atoms. The van der Waals surface area contributed by atoms with Crippen LogP contribution >= 0.6 is 22.9 Å². The normalized spacial score (nSPS) is 12.3. The predicted octanol–water partition coefficient (Wildman–Crippen LogP) is 4.69. The van der Waals surface area contributed by atoms with E-state index in [1.807, 2.05) is 20.8 Å². The van der Waals surface area contributed by atoms with E-state index in [-0.39, 0.29) is 16.6 Å². The fourth-order valence-electron chi connectivity index (χ4n) is 2.32. The van der Waals surface area contributed by atoms with Crippen molar-refractivity contribution >= 4 is 28.8 Å². The quantitative estimate of drug-likeness (QED) is 0.811. The van der Waals surface area contributed by atoms with Crippen molar-refractivity contribution < 1.29 is 9.18 Å². The Morgan fingerprint density at radius 2 is 2.00 bits per heavy atom. The largest absolute Gasteiger partial charge is 0.333 e. The number of aryl methyl sites for hydroxylation is 3. The second-order valence-electron chi connectivity index (χ2n) is 5.32. The molecule has 2 aromatic rings. The highest BCUT2D eigenvalue weighted by Crippen LogP contribution is 2.30. The summed E-state index contributed by atoms with van der Waals surface area (Å²) in [5.74, 6) is -1.05. The minimum absolute atomic E-state index is 0.0828. The number of carbonyl (C=O) groups excluding carboxylic acids is 1. The van der Waals surface area contributed by atoms with E-state index in [1.54, 1.807) is 31.4 Å². The monoisotopic (exact) mass is 340 g/mol. The van der Waals surface area contributed by atoms with Crippen molar-refractivity contribution in [2.24, 2.45) is 0 Å². The van der Waals surface area contributed by atoms with E-state index in [1.165, 1.54) is 11.0 Å². The fraction of sp³-hybridized carbons (Fsp3) is 0.375. The molecule has 1 aromatic carbocycles. The number of benzene rings is 1. The summed E-state index contributed by atoms with van der Waals surface area (Å²) in [4.78, 5) is 19.6. The van der Waals surface area contributed by atoms with Crippen LogP contribution in [-0.2, 0) is 0 Å². The molecule has 2 rings (SSSR count). The topological polar surface area (TPSA) is 33.2 Å². The maximum absolute atomic E-state index is 14.0. The lowest BCUT2D eigenvalue weighted by atomic mass is 10.1. The van der Waals surface area contributed by atoms with E-state index < -0.39 is 11.7 Å². The molecule has 1 heterocycles. The Morgan fingerprint density at radius 3 is 2.55 bits per heavy atom. The zero-order valence-electron chi connectivity index (χ0n) is 13.2. The second kappa shape index (κ2) is 6.34. The van der Waals surface area contributed by atoms with E-state index in [9.17, 15) is 9.18 Å². The van der Waals surface area contributed by atoms with E-state index >= 15 is 0 Å². The van der Waals surface area contributed by atoms with Crippen LogP contribution in [0.5, 0.6) is 0 Å². The molecule has 3 nitrogen and oxygen atoms in total. The fourth-order valence-corrected chi connectivity index (χ4v) is 3.46. The van der Waals surface area contributed by atoms with Gasteiger partial charge < -0.3 is 4.90 Å². The van der Waals surface area contributed by atoms with Gasteiger partial charge in [0.25, 0.3) is 5.91 Å². The first-order valence-electron chi connectivity index (χ1n) is 6.89. The van der Waals surface area contributed by atoms with Gasteiger partial charge in [-0.3, -0.25) is 4.79 Å². The van der Waals surface area contributed by atoms with Crippen LogP contribution in [0.25, 0.3) is 0 Å². The van der Waals surface area contributed by atoms with Crippen molar-refractivity contribution in [3.63, 3.8) is 0 Å². The zero-order valence-corrected chi connectivity index (χ0v) is 14.8. The molecule has 118 valence electrons. The van der Waals surface area contributed by atoms with Gasteiger partial charge in [-0.15, -0.1) is 11.3 Å². The lowest BCUT2D eigenvalue weighted by molar-refractivity contribution is 0.0735. The van der Waals surface area contributed by atoms with Gasteiger partial charge in [-0.25, -0.2) is 9.37 Å². The van der Waals surface area contributed by atoms with Crippen molar-refractivity contribution in [2.75, 3.05) is 7.05 Å². The highest BCUT2D eigenvalue weighted by Gasteiger charge is 2.26. The van der Waals surface area contributed by atoms with E-state index in [4.69, 9.17) is 11.6 Å². The number of thiazole rings is 1. The van der Waals surface area contributed by atoms with Gasteiger partial charge in [0.05, 0.1) is 27.3 Å². The predicted molar refractivity (Wildman–Crippen MR) is 88.2 cm³/mol. The van der Waals surface area contributed by atoms with Crippen LogP contribution in [0, 0.1) is 26.6 Å². The Kier molecular flexibility index (Phi) is 4.87. The van der Waals surface area contributed by atoms with Gasteiger partial charge in [-0.2, -0.15) is 0 Å². The summed E-state index contributed by atoms with van der Waals surface area (Å²) in [6.45, 7) is 7.51. The molecule has 0 saturated heterocycles. The van der Waals surface area contributed by atoms with Crippen LogP contribution in [-0.4, -0.2) is 22.8 Å². The maximum Gasteiger partial charge on any atom is 0.258 e. The molecule has 1 atom stereocenters. The van der Waals surface area contributed by atoms with Crippen molar-refractivity contribution in [3.8, 4) is 0 Å². The Balaban J connectivity index is 2.37. The van der Waals surface area contributed by atoms with Gasteiger partial charge in [0.15, 0.2) is 0 Å². The van der Waals surface area contributed by atoms with Crippen LogP contribution in [0.4, 0.5) is 4.39 Å². The van der Waals surface area contributed by atoms with Gasteiger partial charge in [0, 0.05) is 11.9 Å². The summed E-state index contributed by atoms with van der Waals surface area (Å²) >= 11 is 7.70. The Morgan fingerprint density at radius 1 is 1.36 bits per heavy atom. The first-order chi connectivity index (χ1) is 10.2.